The minimum Gasteiger partial charge on any atom is -0.468 e. The molecule has 4 atom stereocenters. The third-order valence-electron chi connectivity index (χ3n) is 5.93. The van der Waals surface area contributed by atoms with Crippen molar-refractivity contribution in [2.75, 3.05) is 14.2 Å². The smallest absolute Gasteiger partial charge is 0.316 e. The third-order valence-corrected chi connectivity index (χ3v) is 5.93. The fourth-order valence-electron chi connectivity index (χ4n) is 4.54. The Kier molecular flexibility index (Phi) is 6.36. The van der Waals surface area contributed by atoms with E-state index in [0.29, 0.717) is 5.56 Å². The molecular weight excluding hydrogens is 415 g/mol. The van der Waals surface area contributed by atoms with Gasteiger partial charge in [0.1, 0.15) is 17.7 Å². The van der Waals surface area contributed by atoms with Gasteiger partial charge in [0.2, 0.25) is 0 Å². The summed E-state index contributed by atoms with van der Waals surface area (Å²) in [6, 6.07) is 17.0. The molecule has 0 heterocycles. The first-order valence-electron chi connectivity index (χ1n) is 9.68. The molecule has 0 saturated heterocycles. The number of halogens is 1. The summed E-state index contributed by atoms with van der Waals surface area (Å²) in [5, 5.41) is 20.7. The molecule has 0 radical (unpaired) electrons. The predicted molar refractivity (Wildman–Crippen MR) is 108 cm³/mol. The molecule has 8 heteroatoms. The monoisotopic (exact) mass is 434 g/mol. The number of benzene rings is 2. The van der Waals surface area contributed by atoms with E-state index in [-0.39, 0.29) is 5.56 Å². The number of esters is 2. The highest BCUT2D eigenvalue weighted by molar-refractivity contribution is 6.11. The fourth-order valence-corrected chi connectivity index (χ4v) is 4.54. The summed E-state index contributed by atoms with van der Waals surface area (Å²) < 4.78 is 23.3. The van der Waals surface area contributed by atoms with Gasteiger partial charge in [-0.05, 0) is 23.3 Å². The van der Waals surface area contributed by atoms with E-state index in [1.807, 2.05) is 12.1 Å². The summed E-state index contributed by atoms with van der Waals surface area (Å²) in [4.78, 5) is 39.1. The summed E-state index contributed by atoms with van der Waals surface area (Å²) >= 11 is 0. The van der Waals surface area contributed by atoms with Crippen LogP contribution in [0.1, 0.15) is 23.0 Å². The summed E-state index contributed by atoms with van der Waals surface area (Å²) in [6.07, 6.45) is 0. The van der Waals surface area contributed by atoms with Crippen molar-refractivity contribution in [2.45, 2.75) is 11.8 Å². The zero-order valence-corrected chi connectivity index (χ0v) is 17.3. The second kappa shape index (κ2) is 8.99. The van der Waals surface area contributed by atoms with Crippen LogP contribution < -0.4 is 0 Å². The lowest BCUT2D eigenvalue weighted by Crippen LogP contribution is -2.55. The SMILES string of the molecule is COC(=O)C1C(=O)C(C(=O)OC)C(c2ccc(F)cc2)C(C#N)(C#N)C1c1ccccc1. The van der Waals surface area contributed by atoms with Gasteiger partial charge in [-0.1, -0.05) is 42.5 Å². The highest BCUT2D eigenvalue weighted by Crippen LogP contribution is 2.58. The molecule has 7 nitrogen and oxygen atoms in total. The highest BCUT2D eigenvalue weighted by atomic mass is 19.1. The van der Waals surface area contributed by atoms with Crippen molar-refractivity contribution in [1.82, 2.24) is 0 Å². The zero-order chi connectivity index (χ0) is 23.5. The van der Waals surface area contributed by atoms with Gasteiger partial charge in [0.05, 0.1) is 26.4 Å². The van der Waals surface area contributed by atoms with Gasteiger partial charge < -0.3 is 9.47 Å². The zero-order valence-electron chi connectivity index (χ0n) is 17.3. The van der Waals surface area contributed by atoms with Crippen molar-refractivity contribution in [3.63, 3.8) is 0 Å². The van der Waals surface area contributed by atoms with Gasteiger partial charge in [0.25, 0.3) is 0 Å². The molecular formula is C24H19FN2O5. The molecule has 1 fully saturated rings. The van der Waals surface area contributed by atoms with Crippen molar-refractivity contribution in [1.29, 1.82) is 10.5 Å². The van der Waals surface area contributed by atoms with E-state index in [1.165, 1.54) is 12.1 Å². The molecule has 1 saturated carbocycles. The number of rotatable bonds is 4. The number of ether oxygens (including phenoxy) is 2. The van der Waals surface area contributed by atoms with Crippen molar-refractivity contribution in [2.24, 2.45) is 17.3 Å². The van der Waals surface area contributed by atoms with Crippen LogP contribution in [0.4, 0.5) is 4.39 Å². The Morgan fingerprint density at radius 1 is 0.844 bits per heavy atom. The summed E-state index contributed by atoms with van der Waals surface area (Å²) in [5.74, 6) is -9.16. The summed E-state index contributed by atoms with van der Waals surface area (Å²) in [7, 11) is 2.14. The maximum atomic E-state index is 13.6. The molecule has 1 aliphatic rings. The van der Waals surface area contributed by atoms with E-state index in [2.05, 4.69) is 0 Å². The average molecular weight is 434 g/mol. The third kappa shape index (κ3) is 3.50. The fraction of sp³-hybridized carbons (Fsp3) is 0.292. The largest absolute Gasteiger partial charge is 0.468 e. The molecule has 3 rings (SSSR count). The van der Waals surface area contributed by atoms with E-state index >= 15 is 0 Å². The van der Waals surface area contributed by atoms with E-state index < -0.39 is 52.6 Å². The molecule has 0 aliphatic heterocycles. The van der Waals surface area contributed by atoms with E-state index in [0.717, 1.165) is 26.4 Å². The van der Waals surface area contributed by atoms with E-state index in [9.17, 15) is 29.3 Å². The Hall–Kier alpha value is -4.04. The Bertz CT molecular complexity index is 1100. The van der Waals surface area contributed by atoms with Crippen LogP contribution in [-0.4, -0.2) is 31.9 Å². The minimum atomic E-state index is -2.05. The van der Waals surface area contributed by atoms with Gasteiger partial charge >= 0.3 is 11.9 Å². The van der Waals surface area contributed by atoms with E-state index in [4.69, 9.17) is 9.47 Å². The molecule has 2 aromatic carbocycles. The van der Waals surface area contributed by atoms with Gasteiger partial charge in [0.15, 0.2) is 11.2 Å². The Labute approximate surface area is 184 Å². The van der Waals surface area contributed by atoms with Crippen LogP contribution in [0.15, 0.2) is 54.6 Å². The number of methoxy groups -OCH3 is 2. The number of ketones is 1. The van der Waals surface area contributed by atoms with Gasteiger partial charge in [-0.15, -0.1) is 0 Å². The number of nitrogens with zero attached hydrogens (tertiary/aromatic N) is 2. The number of Topliss-reactive ketones (excluding diaryl/α,β-unsaturated/α-hetero) is 1. The second-order valence-corrected chi connectivity index (χ2v) is 7.41. The molecule has 0 aromatic heterocycles. The van der Waals surface area contributed by atoms with Crippen LogP contribution in [0, 0.1) is 45.7 Å². The first-order valence-corrected chi connectivity index (χ1v) is 9.68. The number of nitriles is 2. The lowest BCUT2D eigenvalue weighted by molar-refractivity contribution is -0.162. The van der Waals surface area contributed by atoms with Crippen LogP contribution in [0.5, 0.6) is 0 Å². The maximum absolute atomic E-state index is 13.6. The molecule has 2 aromatic rings. The van der Waals surface area contributed by atoms with Crippen LogP contribution in [0.3, 0.4) is 0 Å². The van der Waals surface area contributed by atoms with Gasteiger partial charge in [-0.3, -0.25) is 14.4 Å². The number of hydrogen-bond acceptors (Lipinski definition) is 7. The topological polar surface area (TPSA) is 117 Å². The summed E-state index contributed by atoms with van der Waals surface area (Å²) in [5.41, 5.74) is -1.44. The lowest BCUT2D eigenvalue weighted by Gasteiger charge is -2.46. The number of carbonyl (C=O) groups excluding carboxylic acids is 3. The number of carbonyl (C=O) groups is 3. The number of hydrogen-bond donors (Lipinski definition) is 0. The normalized spacial score (nSPS) is 24.0. The summed E-state index contributed by atoms with van der Waals surface area (Å²) in [6.45, 7) is 0. The quantitative estimate of drug-likeness (QED) is 0.536. The Balaban J connectivity index is 2.40. The van der Waals surface area contributed by atoms with Crippen LogP contribution >= 0.6 is 0 Å². The second-order valence-electron chi connectivity index (χ2n) is 7.41. The molecule has 0 bridgehead atoms. The van der Waals surface area contributed by atoms with Crippen molar-refractivity contribution < 1.29 is 28.2 Å². The first-order chi connectivity index (χ1) is 15.4. The maximum Gasteiger partial charge on any atom is 0.316 e. The highest BCUT2D eigenvalue weighted by Gasteiger charge is 2.65. The standard InChI is InChI=1S/C24H19FN2O5/c1-31-22(29)17-19(14-6-4-3-5-7-14)24(12-26,13-27)20(15-8-10-16(25)11-9-15)18(21(17)28)23(30)32-2/h3-11,17-20H,1-2H3. The van der Waals surface area contributed by atoms with Crippen LogP contribution in [-0.2, 0) is 23.9 Å². The van der Waals surface area contributed by atoms with Gasteiger partial charge in [0, 0.05) is 11.8 Å². The lowest BCUT2D eigenvalue weighted by atomic mass is 9.50. The molecule has 4 unspecified atom stereocenters. The van der Waals surface area contributed by atoms with Crippen molar-refractivity contribution >= 4 is 17.7 Å². The van der Waals surface area contributed by atoms with Gasteiger partial charge in [-0.2, -0.15) is 10.5 Å². The average Bonchev–Trinajstić information content (AvgIpc) is 2.83. The molecule has 0 N–H and O–H groups in total. The van der Waals surface area contributed by atoms with Gasteiger partial charge in [-0.25, -0.2) is 4.39 Å². The molecule has 1 aliphatic carbocycles. The van der Waals surface area contributed by atoms with Crippen molar-refractivity contribution in [3.8, 4) is 12.1 Å². The van der Waals surface area contributed by atoms with Crippen LogP contribution in [0.25, 0.3) is 0 Å². The minimum absolute atomic E-state index is 0.225. The first kappa shape index (κ1) is 22.6. The Morgan fingerprint density at radius 3 is 1.69 bits per heavy atom. The predicted octanol–water partition coefficient (Wildman–Crippen LogP) is 2.89. The molecule has 32 heavy (non-hydrogen) atoms. The van der Waals surface area contributed by atoms with E-state index in [1.54, 1.807) is 30.3 Å². The van der Waals surface area contributed by atoms with Crippen molar-refractivity contribution in [3.05, 3.63) is 71.5 Å². The Morgan fingerprint density at radius 2 is 1.28 bits per heavy atom. The molecule has 0 spiro atoms. The van der Waals surface area contributed by atoms with Crippen LogP contribution in [0.2, 0.25) is 0 Å². The molecule has 162 valence electrons. The molecule has 0 amide bonds.